The summed E-state index contributed by atoms with van der Waals surface area (Å²) in [5, 5.41) is 8.07. The molecule has 0 N–H and O–H groups in total. The minimum Gasteiger partial charge on any atom is -0.311 e. The topological polar surface area (TPSA) is 19.4 Å². The standard InChI is InChI=1S/C57H39B2N3Si/c1-4-22-41(23-5-1)58-46-30-12-16-34-51(46)62(49-35-18-21-40-20-10-11-29-45(40)49)52-38-54-56-57(55(52)58)61(42-24-19-37-60-39-42)50-33-15-13-31-47(50)59(56)48-32-14-17-36-53(48)63(54,43-25-6-2-7-26-43)44-27-8-3-9-28-44/h1-39H. The predicted molar refractivity (Wildman–Crippen MR) is 270 cm³/mol. The number of nitrogens with zero attached hydrogens (tertiary/aromatic N) is 3. The molecule has 0 fully saturated rings. The van der Waals surface area contributed by atoms with Crippen molar-refractivity contribution < 1.29 is 0 Å². The smallest absolute Gasteiger partial charge is 0.249 e. The maximum Gasteiger partial charge on any atom is 0.249 e. The third kappa shape index (κ3) is 5.13. The lowest BCUT2D eigenvalue weighted by Gasteiger charge is -2.50. The Morgan fingerprint density at radius 3 is 1.68 bits per heavy atom. The fourth-order valence-electron chi connectivity index (χ4n) is 11.6. The summed E-state index contributed by atoms with van der Waals surface area (Å²) < 4.78 is 0. The van der Waals surface area contributed by atoms with E-state index in [4.69, 9.17) is 4.98 Å². The molecule has 3 nitrogen and oxygen atoms in total. The second-order valence-electron chi connectivity index (χ2n) is 17.0. The molecule has 0 saturated carbocycles. The van der Waals surface area contributed by atoms with Crippen LogP contribution in [-0.4, -0.2) is 26.5 Å². The second kappa shape index (κ2) is 14.2. The van der Waals surface area contributed by atoms with E-state index in [1.807, 2.05) is 6.20 Å². The second-order valence-corrected chi connectivity index (χ2v) is 20.7. The van der Waals surface area contributed by atoms with Crippen molar-refractivity contribution in [3.63, 3.8) is 0 Å². The van der Waals surface area contributed by atoms with Gasteiger partial charge in [0.15, 0.2) is 8.07 Å². The molecule has 0 spiro atoms. The number of pyridine rings is 1. The zero-order valence-electron chi connectivity index (χ0n) is 34.5. The molecule has 292 valence electrons. The first kappa shape index (κ1) is 36.0. The number of aromatic nitrogens is 1. The number of fused-ring (bicyclic) bond motifs is 8. The van der Waals surface area contributed by atoms with Crippen LogP contribution in [0, 0.1) is 0 Å². The molecule has 0 unspecified atom stereocenters. The van der Waals surface area contributed by atoms with Gasteiger partial charge in [-0.3, -0.25) is 4.98 Å². The van der Waals surface area contributed by atoms with Gasteiger partial charge in [0, 0.05) is 34.3 Å². The summed E-state index contributed by atoms with van der Waals surface area (Å²) in [7, 11) is -3.09. The van der Waals surface area contributed by atoms with Crippen molar-refractivity contribution in [2.45, 2.75) is 0 Å². The third-order valence-electron chi connectivity index (χ3n) is 13.9. The molecule has 0 atom stereocenters. The number of anilines is 6. The van der Waals surface area contributed by atoms with E-state index >= 15 is 0 Å². The molecule has 4 heterocycles. The summed E-state index contributed by atoms with van der Waals surface area (Å²) in [6, 6.07) is 84.5. The van der Waals surface area contributed by atoms with Gasteiger partial charge in [-0.2, -0.15) is 0 Å². The molecule has 0 bridgehead atoms. The van der Waals surface area contributed by atoms with Gasteiger partial charge in [0.2, 0.25) is 13.4 Å². The first-order valence-corrected chi connectivity index (χ1v) is 23.9. The van der Waals surface area contributed by atoms with Crippen molar-refractivity contribution in [3.8, 4) is 0 Å². The van der Waals surface area contributed by atoms with Crippen LogP contribution in [0.1, 0.15) is 0 Å². The summed E-state index contributed by atoms with van der Waals surface area (Å²) in [4.78, 5) is 10.0. The molecular weight excluding hydrogens is 776 g/mol. The van der Waals surface area contributed by atoms with Crippen LogP contribution in [0.3, 0.4) is 0 Å². The van der Waals surface area contributed by atoms with Crippen LogP contribution in [0.25, 0.3) is 10.8 Å². The number of para-hydroxylation sites is 2. The summed E-state index contributed by atoms with van der Waals surface area (Å²) in [5.41, 5.74) is 15.0. The minimum absolute atomic E-state index is 0.00623. The Morgan fingerprint density at radius 1 is 0.397 bits per heavy atom. The van der Waals surface area contributed by atoms with Gasteiger partial charge >= 0.3 is 0 Å². The highest BCUT2D eigenvalue weighted by Gasteiger charge is 2.55. The highest BCUT2D eigenvalue weighted by atomic mass is 28.3. The fourth-order valence-corrected chi connectivity index (χ4v) is 16.8. The summed E-state index contributed by atoms with van der Waals surface area (Å²) >= 11 is 0. The van der Waals surface area contributed by atoms with Crippen LogP contribution in [0.4, 0.5) is 34.1 Å². The number of rotatable bonds is 5. The van der Waals surface area contributed by atoms with E-state index in [1.165, 1.54) is 92.7 Å². The molecule has 9 aromatic carbocycles. The lowest BCUT2D eigenvalue weighted by atomic mass is 9.30. The van der Waals surface area contributed by atoms with E-state index in [1.54, 1.807) is 0 Å². The molecule has 10 aromatic rings. The molecule has 6 heteroatoms. The summed E-state index contributed by atoms with van der Waals surface area (Å²) in [6.07, 6.45) is 3.94. The quantitative estimate of drug-likeness (QED) is 0.185. The normalized spacial score (nSPS) is 14.0. The van der Waals surface area contributed by atoms with Crippen molar-refractivity contribution >= 4 is 120 Å². The Morgan fingerprint density at radius 2 is 0.968 bits per heavy atom. The van der Waals surface area contributed by atoms with E-state index in [9.17, 15) is 0 Å². The molecule has 3 aliphatic rings. The monoisotopic (exact) mass is 815 g/mol. The van der Waals surface area contributed by atoms with Crippen molar-refractivity contribution in [2.75, 3.05) is 9.80 Å². The van der Waals surface area contributed by atoms with Crippen molar-refractivity contribution in [1.82, 2.24) is 4.98 Å². The van der Waals surface area contributed by atoms with E-state index in [-0.39, 0.29) is 13.4 Å². The average Bonchev–Trinajstić information content (AvgIpc) is 3.36. The van der Waals surface area contributed by atoms with Gasteiger partial charge in [0.05, 0.1) is 17.6 Å². The minimum atomic E-state index is -3.09. The molecule has 13 rings (SSSR count). The third-order valence-corrected chi connectivity index (χ3v) is 18.8. The first-order valence-electron chi connectivity index (χ1n) is 21.9. The molecule has 1 aromatic heterocycles. The van der Waals surface area contributed by atoms with Gasteiger partial charge in [-0.25, -0.2) is 0 Å². The zero-order valence-corrected chi connectivity index (χ0v) is 35.5. The number of hydrogen-bond acceptors (Lipinski definition) is 3. The molecule has 0 amide bonds. The zero-order chi connectivity index (χ0) is 41.5. The van der Waals surface area contributed by atoms with Crippen molar-refractivity contribution in [2.24, 2.45) is 0 Å². The van der Waals surface area contributed by atoms with Gasteiger partial charge in [-0.15, -0.1) is 0 Å². The van der Waals surface area contributed by atoms with Crippen molar-refractivity contribution in [1.29, 1.82) is 0 Å². The average molecular weight is 816 g/mol. The predicted octanol–water partition coefficient (Wildman–Crippen LogP) is 6.52. The molecule has 63 heavy (non-hydrogen) atoms. The lowest BCUT2D eigenvalue weighted by Crippen LogP contribution is -2.88. The van der Waals surface area contributed by atoms with Crippen LogP contribution < -0.4 is 63.3 Å². The van der Waals surface area contributed by atoms with Crippen LogP contribution >= 0.6 is 0 Å². The van der Waals surface area contributed by atoms with Crippen LogP contribution in [-0.2, 0) is 0 Å². The van der Waals surface area contributed by atoms with Crippen molar-refractivity contribution in [3.05, 3.63) is 237 Å². The maximum atomic E-state index is 4.82. The lowest BCUT2D eigenvalue weighted by molar-refractivity contribution is 1.23. The van der Waals surface area contributed by atoms with E-state index < -0.39 is 8.07 Å². The largest absolute Gasteiger partial charge is 0.311 e. The number of hydrogen-bond donors (Lipinski definition) is 0. The summed E-state index contributed by atoms with van der Waals surface area (Å²) in [6.45, 7) is -0.0797. The summed E-state index contributed by atoms with van der Waals surface area (Å²) in [5.74, 6) is 0. The Kier molecular flexibility index (Phi) is 8.12. The van der Waals surface area contributed by atoms with E-state index in [2.05, 4.69) is 240 Å². The SMILES string of the molecule is c1ccc(B2c3ccccc3N(c3cccc4ccccc34)c3cc4c5c(c32)N(c2cccnc2)c2ccccc2B5c2ccccc2[Si]4(c2ccccc2)c2ccccc2)cc1. The fraction of sp³-hybridized carbons (Fsp3) is 0. The maximum absolute atomic E-state index is 4.82. The Bertz CT molecular complexity index is 3340. The Balaban J connectivity index is 1.30. The van der Waals surface area contributed by atoms with Crippen LogP contribution in [0.15, 0.2) is 237 Å². The molecular formula is C57H39B2N3Si. The Labute approximate surface area is 369 Å². The number of benzene rings is 9. The molecule has 0 radical (unpaired) electrons. The van der Waals surface area contributed by atoms with Gasteiger partial charge < -0.3 is 9.80 Å². The highest BCUT2D eigenvalue weighted by Crippen LogP contribution is 2.44. The molecule has 3 aliphatic heterocycles. The molecule has 0 saturated heterocycles. The van der Waals surface area contributed by atoms with Crippen LogP contribution in [0.2, 0.25) is 0 Å². The van der Waals surface area contributed by atoms with Crippen LogP contribution in [0.5, 0.6) is 0 Å². The highest BCUT2D eigenvalue weighted by molar-refractivity contribution is 7.27. The van der Waals surface area contributed by atoms with E-state index in [0.717, 1.165) is 5.69 Å². The van der Waals surface area contributed by atoms with E-state index in [0.29, 0.717) is 0 Å². The Hall–Kier alpha value is -7.66. The molecule has 0 aliphatic carbocycles. The van der Waals surface area contributed by atoms with Gasteiger partial charge in [0.1, 0.15) is 0 Å². The van der Waals surface area contributed by atoms with Gasteiger partial charge in [0.25, 0.3) is 0 Å². The van der Waals surface area contributed by atoms with Gasteiger partial charge in [-0.1, -0.05) is 199 Å². The van der Waals surface area contributed by atoms with Gasteiger partial charge in [-0.05, 0) is 84.4 Å². The first-order chi connectivity index (χ1) is 31.3.